The van der Waals surface area contributed by atoms with Gasteiger partial charge in [0, 0.05) is 5.92 Å². The number of hydrogen-bond donors (Lipinski definition) is 1. The fraction of sp³-hybridized carbons (Fsp3) is 0.870. The summed E-state index contributed by atoms with van der Waals surface area (Å²) in [7, 11) is 0. The lowest BCUT2D eigenvalue weighted by Crippen LogP contribution is -2.53. The Labute approximate surface area is 153 Å². The molecule has 0 heterocycles. The number of Topliss-reactive ketones (excluding diaryl/α,β-unsaturated/α-hetero) is 1. The van der Waals surface area contributed by atoms with E-state index in [4.69, 9.17) is 0 Å². The molecule has 140 valence electrons. The number of carbonyl (C=O) groups is 1. The van der Waals surface area contributed by atoms with Crippen molar-refractivity contribution in [2.75, 3.05) is 0 Å². The Morgan fingerprint density at radius 3 is 2.52 bits per heavy atom. The summed E-state index contributed by atoms with van der Waals surface area (Å²) in [5, 5.41) is 10.2. The lowest BCUT2D eigenvalue weighted by molar-refractivity contribution is -0.129. The van der Waals surface area contributed by atoms with Crippen LogP contribution in [0.15, 0.2) is 11.6 Å². The van der Waals surface area contributed by atoms with Gasteiger partial charge in [-0.15, -0.1) is 0 Å². The van der Waals surface area contributed by atoms with E-state index in [9.17, 15) is 9.90 Å². The number of aliphatic hydroxyl groups excluding tert-OH is 1. The van der Waals surface area contributed by atoms with Gasteiger partial charge < -0.3 is 5.11 Å². The number of fused-ring (bicyclic) bond motifs is 5. The Morgan fingerprint density at radius 2 is 1.84 bits per heavy atom. The average Bonchev–Trinajstić information content (AvgIpc) is 2.80. The van der Waals surface area contributed by atoms with E-state index in [1.54, 1.807) is 5.57 Å². The van der Waals surface area contributed by atoms with Gasteiger partial charge in [0.25, 0.3) is 0 Å². The summed E-state index contributed by atoms with van der Waals surface area (Å²) in [4.78, 5) is 12.4. The van der Waals surface area contributed by atoms with Crippen molar-refractivity contribution in [2.45, 2.75) is 79.2 Å². The molecule has 0 radical (unpaired) electrons. The van der Waals surface area contributed by atoms with Crippen LogP contribution in [0.2, 0.25) is 0 Å². The number of carbonyl (C=O) groups excluding carboxylic acids is 1. The van der Waals surface area contributed by atoms with Crippen LogP contribution < -0.4 is 0 Å². The molecule has 0 aromatic rings. The van der Waals surface area contributed by atoms with Gasteiger partial charge in [0.15, 0.2) is 0 Å². The molecule has 2 nitrogen and oxygen atoms in total. The Bertz CT molecular complexity index is 607. The Morgan fingerprint density at radius 1 is 1.12 bits per heavy atom. The topological polar surface area (TPSA) is 37.3 Å². The van der Waals surface area contributed by atoms with E-state index < -0.39 is 0 Å². The van der Waals surface area contributed by atoms with Crippen molar-refractivity contribution in [3.63, 3.8) is 0 Å². The van der Waals surface area contributed by atoms with Crippen LogP contribution in [-0.2, 0) is 4.79 Å². The molecule has 3 saturated carbocycles. The van der Waals surface area contributed by atoms with E-state index in [-0.39, 0.29) is 22.9 Å². The molecule has 4 aliphatic rings. The fourth-order valence-corrected chi connectivity index (χ4v) is 8.37. The number of ketones is 1. The quantitative estimate of drug-likeness (QED) is 0.679. The van der Waals surface area contributed by atoms with Crippen molar-refractivity contribution in [2.24, 2.45) is 46.3 Å². The molecule has 0 unspecified atom stereocenters. The molecule has 4 rings (SSSR count). The third-order valence-electron chi connectivity index (χ3n) is 9.18. The number of allylic oxidation sites excluding steroid dienone is 1. The van der Waals surface area contributed by atoms with Crippen molar-refractivity contribution >= 4 is 5.78 Å². The zero-order chi connectivity index (χ0) is 18.1. The summed E-state index contributed by atoms with van der Waals surface area (Å²) in [6.45, 7) is 11.5. The molecule has 0 bridgehead atoms. The third-order valence-corrected chi connectivity index (χ3v) is 9.18. The minimum Gasteiger partial charge on any atom is -0.389 e. The van der Waals surface area contributed by atoms with Gasteiger partial charge >= 0.3 is 0 Å². The van der Waals surface area contributed by atoms with Gasteiger partial charge in [0.1, 0.15) is 5.78 Å². The Balaban J connectivity index is 1.72. The van der Waals surface area contributed by atoms with Crippen molar-refractivity contribution in [3.8, 4) is 0 Å². The first-order valence-electron chi connectivity index (χ1n) is 10.6. The zero-order valence-corrected chi connectivity index (χ0v) is 16.7. The lowest BCUT2D eigenvalue weighted by atomic mass is 9.45. The lowest BCUT2D eigenvalue weighted by Gasteiger charge is -2.60. The summed E-state index contributed by atoms with van der Waals surface area (Å²) in [5.41, 5.74) is 2.04. The molecule has 0 amide bonds. The second-order valence-corrected chi connectivity index (χ2v) is 10.5. The van der Waals surface area contributed by atoms with Gasteiger partial charge in [-0.25, -0.2) is 0 Å². The van der Waals surface area contributed by atoms with Gasteiger partial charge in [0.2, 0.25) is 0 Å². The van der Waals surface area contributed by atoms with E-state index >= 15 is 0 Å². The smallest absolute Gasteiger partial charge is 0.133 e. The minimum atomic E-state index is -0.232. The molecule has 0 aromatic carbocycles. The van der Waals surface area contributed by atoms with Crippen LogP contribution in [0.4, 0.5) is 0 Å². The number of aliphatic hydroxyl groups is 1. The van der Waals surface area contributed by atoms with Gasteiger partial charge in [0.05, 0.1) is 6.10 Å². The Hall–Kier alpha value is -0.630. The van der Waals surface area contributed by atoms with E-state index in [1.807, 2.05) is 6.92 Å². The highest BCUT2D eigenvalue weighted by Crippen LogP contribution is 2.68. The van der Waals surface area contributed by atoms with Crippen molar-refractivity contribution < 1.29 is 9.90 Å². The second kappa shape index (κ2) is 5.68. The molecular formula is C23H36O2. The van der Waals surface area contributed by atoms with Crippen molar-refractivity contribution in [1.82, 2.24) is 0 Å². The maximum absolute atomic E-state index is 12.4. The Kier molecular flexibility index (Phi) is 4.04. The maximum atomic E-state index is 12.4. The predicted molar refractivity (Wildman–Crippen MR) is 101 cm³/mol. The number of rotatable bonds is 1. The summed E-state index contributed by atoms with van der Waals surface area (Å²) in [5.74, 6) is 4.04. The largest absolute Gasteiger partial charge is 0.389 e. The molecular weight excluding hydrogens is 308 g/mol. The van der Waals surface area contributed by atoms with E-state index in [0.717, 1.165) is 24.7 Å². The molecule has 25 heavy (non-hydrogen) atoms. The van der Waals surface area contributed by atoms with Crippen LogP contribution in [0.25, 0.3) is 0 Å². The first-order chi connectivity index (χ1) is 11.7. The number of hydrogen-bond acceptors (Lipinski definition) is 2. The molecule has 0 saturated heterocycles. The highest BCUT2D eigenvalue weighted by atomic mass is 16.3. The summed E-state index contributed by atoms with van der Waals surface area (Å²) < 4.78 is 0. The first kappa shape index (κ1) is 17.8. The van der Waals surface area contributed by atoms with Crippen LogP contribution in [0.5, 0.6) is 0 Å². The SMILES string of the molecule is CC(=O)[C@H]1[C@H](C)C[C@@H]2[C@H]3C[C@H](C)C4=C[C@@H](O)CC[C@]4(C)[C@H]3CC[C@@]21C. The molecule has 2 heteroatoms. The average molecular weight is 345 g/mol. The maximum Gasteiger partial charge on any atom is 0.133 e. The normalized spacial score (nSPS) is 55.0. The molecule has 9 atom stereocenters. The molecule has 3 fully saturated rings. The zero-order valence-electron chi connectivity index (χ0n) is 16.7. The van der Waals surface area contributed by atoms with Gasteiger partial charge in [-0.2, -0.15) is 0 Å². The minimum absolute atomic E-state index is 0.220. The molecule has 0 spiro atoms. The van der Waals surface area contributed by atoms with Crippen LogP contribution >= 0.6 is 0 Å². The monoisotopic (exact) mass is 344 g/mol. The van der Waals surface area contributed by atoms with Gasteiger partial charge in [-0.3, -0.25) is 4.79 Å². The molecule has 4 aliphatic carbocycles. The third kappa shape index (κ3) is 2.35. The fourth-order valence-electron chi connectivity index (χ4n) is 8.37. The molecule has 0 aromatic heterocycles. The molecule has 1 N–H and O–H groups in total. The second-order valence-electron chi connectivity index (χ2n) is 10.5. The van der Waals surface area contributed by atoms with Crippen LogP contribution in [0.1, 0.15) is 73.1 Å². The molecule has 0 aliphatic heterocycles. The first-order valence-corrected chi connectivity index (χ1v) is 10.6. The van der Waals surface area contributed by atoms with Crippen LogP contribution in [0, 0.1) is 46.3 Å². The van der Waals surface area contributed by atoms with E-state index in [0.29, 0.717) is 23.5 Å². The predicted octanol–water partition coefficient (Wildman–Crippen LogP) is 5.01. The van der Waals surface area contributed by atoms with E-state index in [1.165, 1.54) is 25.7 Å². The van der Waals surface area contributed by atoms with Crippen LogP contribution in [0.3, 0.4) is 0 Å². The van der Waals surface area contributed by atoms with Crippen LogP contribution in [-0.4, -0.2) is 17.0 Å². The van der Waals surface area contributed by atoms with E-state index in [2.05, 4.69) is 33.8 Å². The van der Waals surface area contributed by atoms with Gasteiger partial charge in [-0.05, 0) is 85.9 Å². The van der Waals surface area contributed by atoms with Gasteiger partial charge in [-0.1, -0.05) is 39.3 Å². The summed E-state index contributed by atoms with van der Waals surface area (Å²) in [6.07, 6.45) is 9.02. The standard InChI is InChI=1S/C23H36O2/c1-13-10-17-18(22(4)8-6-16(25)12-19(13)22)7-9-23(5)20(17)11-14(2)21(23)15(3)24/h12-14,16-18,20-21,25H,6-11H2,1-5H3/t13-,14+,16-,17-,18-,20+,21+,22+,23-/m0/s1. The summed E-state index contributed by atoms with van der Waals surface area (Å²) in [6, 6.07) is 0. The highest BCUT2D eigenvalue weighted by Gasteiger charge is 2.62. The summed E-state index contributed by atoms with van der Waals surface area (Å²) >= 11 is 0. The highest BCUT2D eigenvalue weighted by molar-refractivity contribution is 5.80. The van der Waals surface area contributed by atoms with Crippen molar-refractivity contribution in [3.05, 3.63) is 11.6 Å². The van der Waals surface area contributed by atoms with Crippen molar-refractivity contribution in [1.29, 1.82) is 0 Å².